The Balaban J connectivity index is 1.61. The number of carbonyl (C=O) groups excluding carboxylic acids is 1. The summed E-state index contributed by atoms with van der Waals surface area (Å²) in [6.07, 6.45) is 2.80. The molecule has 0 aliphatic rings. The molecule has 0 aliphatic heterocycles. The number of phenols is 1. The number of hydrogen-bond acceptors (Lipinski definition) is 4. The molecular weight excluding hydrogens is 308 g/mol. The lowest BCUT2D eigenvalue weighted by atomic mass is 10.1. The molecule has 2 amide bonds. The summed E-state index contributed by atoms with van der Waals surface area (Å²) < 4.78 is 5.14. The van der Waals surface area contributed by atoms with Crippen molar-refractivity contribution in [2.24, 2.45) is 0 Å². The van der Waals surface area contributed by atoms with Gasteiger partial charge in [0.1, 0.15) is 17.6 Å². The van der Waals surface area contributed by atoms with Crippen molar-refractivity contribution in [3.63, 3.8) is 0 Å². The molecule has 0 saturated carbocycles. The molecule has 0 radical (unpaired) electrons. The van der Waals surface area contributed by atoms with Crippen LogP contribution in [-0.4, -0.2) is 28.8 Å². The zero-order valence-corrected chi connectivity index (χ0v) is 13.7. The monoisotopic (exact) mass is 332 g/mol. The summed E-state index contributed by atoms with van der Waals surface area (Å²) in [6, 6.07) is 10.0. The molecule has 0 saturated heterocycles. The first-order valence-electron chi connectivity index (χ1n) is 8.08. The quantitative estimate of drug-likeness (QED) is 0.559. The van der Waals surface area contributed by atoms with E-state index in [1.54, 1.807) is 24.3 Å². The normalized spacial score (nSPS) is 13.2. The number of aliphatic hydroxyl groups excluding tert-OH is 1. The average molecular weight is 332 g/mol. The van der Waals surface area contributed by atoms with Crippen LogP contribution in [0.2, 0.25) is 0 Å². The van der Waals surface area contributed by atoms with Crippen LogP contribution in [0.3, 0.4) is 0 Å². The lowest BCUT2D eigenvalue weighted by molar-refractivity contribution is 0.129. The fraction of sp³-hybridized carbons (Fsp3) is 0.389. The molecule has 0 bridgehead atoms. The Bertz CT molecular complexity index is 610. The van der Waals surface area contributed by atoms with Crippen molar-refractivity contribution < 1.29 is 19.4 Å². The number of urea groups is 1. The highest BCUT2D eigenvalue weighted by Gasteiger charge is 2.16. The van der Waals surface area contributed by atoms with Crippen LogP contribution in [0.15, 0.2) is 47.1 Å². The van der Waals surface area contributed by atoms with E-state index in [1.807, 2.05) is 19.1 Å². The molecule has 2 unspecified atom stereocenters. The molecule has 2 atom stereocenters. The maximum Gasteiger partial charge on any atom is 0.314 e. The molecule has 24 heavy (non-hydrogen) atoms. The van der Waals surface area contributed by atoms with Gasteiger partial charge in [-0.25, -0.2) is 4.79 Å². The molecule has 2 aromatic rings. The maximum atomic E-state index is 11.8. The molecule has 1 aromatic carbocycles. The summed E-state index contributed by atoms with van der Waals surface area (Å²) in [5, 5.41) is 24.8. The molecule has 0 aliphatic carbocycles. The molecule has 2 rings (SSSR count). The Hall–Kier alpha value is -2.47. The van der Waals surface area contributed by atoms with E-state index in [0.717, 1.165) is 18.4 Å². The third-order valence-corrected chi connectivity index (χ3v) is 3.69. The van der Waals surface area contributed by atoms with Crippen LogP contribution >= 0.6 is 0 Å². The summed E-state index contributed by atoms with van der Waals surface area (Å²) in [7, 11) is 0. The van der Waals surface area contributed by atoms with Crippen molar-refractivity contribution in [1.29, 1.82) is 0 Å². The molecule has 1 heterocycles. The highest BCUT2D eigenvalue weighted by atomic mass is 16.4. The molecule has 0 fully saturated rings. The van der Waals surface area contributed by atoms with Crippen molar-refractivity contribution in [2.45, 2.75) is 38.3 Å². The van der Waals surface area contributed by atoms with Crippen LogP contribution in [0.4, 0.5) is 4.79 Å². The number of aliphatic hydroxyl groups is 1. The summed E-state index contributed by atoms with van der Waals surface area (Å²) in [5.41, 5.74) is 1.12. The lowest BCUT2D eigenvalue weighted by Crippen LogP contribution is -2.41. The minimum Gasteiger partial charge on any atom is -0.508 e. The molecule has 4 N–H and O–H groups in total. The number of hydrogen-bond donors (Lipinski definition) is 4. The Kier molecular flexibility index (Phi) is 6.69. The number of amides is 2. The van der Waals surface area contributed by atoms with E-state index >= 15 is 0 Å². The highest BCUT2D eigenvalue weighted by molar-refractivity contribution is 5.74. The number of aryl methyl sites for hydroxylation is 1. The number of nitrogens with one attached hydrogen (secondary N) is 2. The predicted octanol–water partition coefficient (Wildman–Crippen LogP) is 2.73. The first-order chi connectivity index (χ1) is 11.5. The number of carbonyl (C=O) groups is 1. The SMILES string of the molecule is CC(CC(O)c1ccco1)NC(=O)NCCCc1ccc(O)cc1. The second kappa shape index (κ2) is 8.98. The highest BCUT2D eigenvalue weighted by Crippen LogP contribution is 2.18. The summed E-state index contributed by atoms with van der Waals surface area (Å²) in [4.78, 5) is 11.8. The van der Waals surface area contributed by atoms with Crippen LogP contribution in [0, 0.1) is 0 Å². The van der Waals surface area contributed by atoms with E-state index in [9.17, 15) is 15.0 Å². The van der Waals surface area contributed by atoms with Crippen LogP contribution in [0.25, 0.3) is 0 Å². The molecule has 130 valence electrons. The fourth-order valence-corrected chi connectivity index (χ4v) is 2.42. The molecule has 0 spiro atoms. The summed E-state index contributed by atoms with van der Waals surface area (Å²) >= 11 is 0. The molecule has 1 aromatic heterocycles. The van der Waals surface area contributed by atoms with E-state index in [1.165, 1.54) is 6.26 Å². The van der Waals surface area contributed by atoms with E-state index in [4.69, 9.17) is 4.42 Å². The zero-order valence-electron chi connectivity index (χ0n) is 13.7. The molecule has 6 heteroatoms. The topological polar surface area (TPSA) is 94.7 Å². The van der Waals surface area contributed by atoms with Gasteiger partial charge >= 0.3 is 6.03 Å². The Morgan fingerprint density at radius 3 is 2.67 bits per heavy atom. The third kappa shape index (κ3) is 5.96. The van der Waals surface area contributed by atoms with Crippen molar-refractivity contribution in [1.82, 2.24) is 10.6 Å². The Labute approximate surface area is 141 Å². The number of rotatable bonds is 8. The van der Waals surface area contributed by atoms with Crippen LogP contribution in [-0.2, 0) is 6.42 Å². The summed E-state index contributed by atoms with van der Waals surface area (Å²) in [5.74, 6) is 0.750. The molecule has 6 nitrogen and oxygen atoms in total. The molecular formula is C18H24N2O4. The van der Waals surface area contributed by atoms with E-state index < -0.39 is 6.10 Å². The number of aromatic hydroxyl groups is 1. The van der Waals surface area contributed by atoms with Crippen molar-refractivity contribution in [2.75, 3.05) is 6.54 Å². The minimum absolute atomic E-state index is 0.179. The smallest absolute Gasteiger partial charge is 0.314 e. The largest absolute Gasteiger partial charge is 0.508 e. The van der Waals surface area contributed by atoms with Gasteiger partial charge in [-0.3, -0.25) is 0 Å². The second-order valence-corrected chi connectivity index (χ2v) is 5.84. The first-order valence-corrected chi connectivity index (χ1v) is 8.08. The third-order valence-electron chi connectivity index (χ3n) is 3.69. The average Bonchev–Trinajstić information content (AvgIpc) is 3.07. The van der Waals surface area contributed by atoms with Crippen molar-refractivity contribution >= 4 is 6.03 Å². The van der Waals surface area contributed by atoms with Crippen LogP contribution < -0.4 is 10.6 Å². The van der Waals surface area contributed by atoms with Crippen molar-refractivity contribution in [3.05, 3.63) is 54.0 Å². The van der Waals surface area contributed by atoms with Gasteiger partial charge in [-0.1, -0.05) is 12.1 Å². The van der Waals surface area contributed by atoms with E-state index in [0.29, 0.717) is 18.7 Å². The number of furan rings is 1. The fourth-order valence-electron chi connectivity index (χ4n) is 2.42. The van der Waals surface area contributed by atoms with Gasteiger partial charge in [0.2, 0.25) is 0 Å². The maximum absolute atomic E-state index is 11.8. The van der Waals surface area contributed by atoms with Gasteiger partial charge in [0.05, 0.1) is 6.26 Å². The van der Waals surface area contributed by atoms with Gasteiger partial charge in [0.25, 0.3) is 0 Å². The van der Waals surface area contributed by atoms with Crippen molar-refractivity contribution in [3.8, 4) is 5.75 Å². The standard InChI is InChI=1S/C18H24N2O4/c1-13(12-16(22)17-5-3-11-24-17)20-18(23)19-10-2-4-14-6-8-15(21)9-7-14/h3,5-9,11,13,16,21-22H,2,4,10,12H2,1H3,(H2,19,20,23). The van der Waals surface area contributed by atoms with Gasteiger partial charge in [-0.15, -0.1) is 0 Å². The first kappa shape index (κ1) is 17.9. The van der Waals surface area contributed by atoms with Gasteiger partial charge in [-0.2, -0.15) is 0 Å². The van der Waals surface area contributed by atoms with Gasteiger partial charge in [0, 0.05) is 19.0 Å². The zero-order chi connectivity index (χ0) is 17.4. The summed E-state index contributed by atoms with van der Waals surface area (Å²) in [6.45, 7) is 2.39. The van der Waals surface area contributed by atoms with E-state index in [-0.39, 0.29) is 17.8 Å². The van der Waals surface area contributed by atoms with E-state index in [2.05, 4.69) is 10.6 Å². The van der Waals surface area contributed by atoms with Crippen LogP contribution in [0.1, 0.15) is 37.2 Å². The number of benzene rings is 1. The Morgan fingerprint density at radius 1 is 1.25 bits per heavy atom. The number of phenolic OH excluding ortho intramolecular Hbond substituents is 1. The van der Waals surface area contributed by atoms with Gasteiger partial charge in [0.15, 0.2) is 0 Å². The van der Waals surface area contributed by atoms with Gasteiger partial charge in [-0.05, 0) is 49.6 Å². The predicted molar refractivity (Wildman–Crippen MR) is 90.7 cm³/mol. The second-order valence-electron chi connectivity index (χ2n) is 5.84. The Morgan fingerprint density at radius 2 is 2.00 bits per heavy atom. The lowest BCUT2D eigenvalue weighted by Gasteiger charge is -2.17. The van der Waals surface area contributed by atoms with Gasteiger partial charge < -0.3 is 25.3 Å². The minimum atomic E-state index is -0.732. The van der Waals surface area contributed by atoms with Crippen LogP contribution in [0.5, 0.6) is 5.75 Å².